The zero-order valence-corrected chi connectivity index (χ0v) is 48.4. The monoisotopic (exact) mass is 1020 g/mol. The molecule has 0 saturated carbocycles. The summed E-state index contributed by atoms with van der Waals surface area (Å²) in [6.07, 6.45) is 79.1. The van der Waals surface area contributed by atoms with Gasteiger partial charge in [-0.1, -0.05) is 280 Å². The second-order valence-corrected chi connectivity index (χ2v) is 20.9. The van der Waals surface area contributed by atoms with E-state index >= 15 is 0 Å². The summed E-state index contributed by atoms with van der Waals surface area (Å²) in [5.74, 6) is -0.898. The Kier molecular flexibility index (Phi) is 58.7. The molecule has 0 aliphatic heterocycles. The molecular formula is C67H118O6. The molecule has 6 heteroatoms. The normalized spacial score (nSPS) is 12.5. The summed E-state index contributed by atoms with van der Waals surface area (Å²) in [5.41, 5.74) is 0. The Hall–Kier alpha value is -3.15. The van der Waals surface area contributed by atoms with Crippen LogP contribution in [0.25, 0.3) is 0 Å². The highest BCUT2D eigenvalue weighted by Gasteiger charge is 2.19. The highest BCUT2D eigenvalue weighted by molar-refractivity contribution is 5.71. The maximum atomic E-state index is 12.9. The van der Waals surface area contributed by atoms with Crippen LogP contribution in [0.1, 0.15) is 316 Å². The summed E-state index contributed by atoms with van der Waals surface area (Å²) in [4.78, 5) is 38.2. The minimum absolute atomic E-state index is 0.0833. The zero-order chi connectivity index (χ0) is 52.9. The lowest BCUT2D eigenvalue weighted by Crippen LogP contribution is -2.30. The molecule has 0 aliphatic rings. The van der Waals surface area contributed by atoms with Crippen molar-refractivity contribution >= 4 is 17.9 Å². The molecule has 0 fully saturated rings. The summed E-state index contributed by atoms with van der Waals surface area (Å²) in [6, 6.07) is 0. The molecule has 73 heavy (non-hydrogen) atoms. The van der Waals surface area contributed by atoms with E-state index in [9.17, 15) is 14.4 Å². The summed E-state index contributed by atoms with van der Waals surface area (Å²) >= 11 is 0. The second-order valence-electron chi connectivity index (χ2n) is 20.9. The van der Waals surface area contributed by atoms with Gasteiger partial charge in [-0.05, 0) is 89.9 Å². The third-order valence-corrected chi connectivity index (χ3v) is 13.7. The number of esters is 3. The van der Waals surface area contributed by atoms with Gasteiger partial charge in [0, 0.05) is 19.3 Å². The van der Waals surface area contributed by atoms with Crippen LogP contribution in [-0.2, 0) is 28.6 Å². The molecule has 0 spiro atoms. The molecule has 1 atom stereocenters. The van der Waals surface area contributed by atoms with Gasteiger partial charge >= 0.3 is 17.9 Å². The molecule has 0 aliphatic carbocycles. The standard InChI is InChI=1S/C67H118O6/c1-4-7-10-13-16-19-22-25-27-29-31-33-35-36-38-40-42-45-48-51-54-57-60-66(69)72-63-64(62-71-65(68)59-56-53-50-47-44-24-21-18-15-12-9-6-3)73-67(70)61-58-55-52-49-46-43-41-39-37-34-32-30-28-26-23-20-17-14-11-8-5-2/h8,11,17-18,20-21,26,28,32,34,39,41,64H,4-7,9-10,12-16,19,22-25,27,29-31,33,35-38,40,42-63H2,1-3H3/b11-8-,20-17-,21-18-,28-26-,34-32-,41-39-. The molecular weight excluding hydrogens is 901 g/mol. The quantitative estimate of drug-likeness (QED) is 0.0261. The first kappa shape index (κ1) is 69.8. The van der Waals surface area contributed by atoms with Crippen LogP contribution in [0.2, 0.25) is 0 Å². The van der Waals surface area contributed by atoms with Crippen LogP contribution in [0, 0.1) is 0 Å². The van der Waals surface area contributed by atoms with Crippen molar-refractivity contribution in [2.45, 2.75) is 322 Å². The van der Waals surface area contributed by atoms with E-state index in [1.165, 1.54) is 161 Å². The Morgan fingerprint density at radius 2 is 0.534 bits per heavy atom. The minimum atomic E-state index is -0.788. The Labute approximate surface area is 453 Å². The third kappa shape index (κ3) is 59.6. The molecule has 0 radical (unpaired) electrons. The lowest BCUT2D eigenvalue weighted by Gasteiger charge is -2.18. The fourth-order valence-electron chi connectivity index (χ4n) is 9.00. The summed E-state index contributed by atoms with van der Waals surface area (Å²) in [7, 11) is 0. The van der Waals surface area contributed by atoms with E-state index in [-0.39, 0.29) is 31.1 Å². The predicted octanol–water partition coefficient (Wildman–Crippen LogP) is 21.3. The van der Waals surface area contributed by atoms with E-state index in [0.29, 0.717) is 19.3 Å². The molecule has 422 valence electrons. The van der Waals surface area contributed by atoms with Crippen LogP contribution >= 0.6 is 0 Å². The molecule has 0 saturated heterocycles. The van der Waals surface area contributed by atoms with E-state index in [1.54, 1.807) is 0 Å². The van der Waals surface area contributed by atoms with Crippen molar-refractivity contribution in [3.8, 4) is 0 Å². The van der Waals surface area contributed by atoms with Crippen molar-refractivity contribution in [2.75, 3.05) is 13.2 Å². The van der Waals surface area contributed by atoms with Crippen LogP contribution in [0.15, 0.2) is 72.9 Å². The summed E-state index contributed by atoms with van der Waals surface area (Å²) < 4.78 is 16.9. The Morgan fingerprint density at radius 1 is 0.288 bits per heavy atom. The van der Waals surface area contributed by atoms with Crippen LogP contribution in [0.4, 0.5) is 0 Å². The lowest BCUT2D eigenvalue weighted by molar-refractivity contribution is -0.167. The third-order valence-electron chi connectivity index (χ3n) is 13.7. The van der Waals surface area contributed by atoms with Gasteiger partial charge in [0.15, 0.2) is 6.10 Å². The van der Waals surface area contributed by atoms with E-state index < -0.39 is 6.10 Å². The average Bonchev–Trinajstić information content (AvgIpc) is 3.39. The molecule has 0 bridgehead atoms. The van der Waals surface area contributed by atoms with E-state index in [4.69, 9.17) is 14.2 Å². The van der Waals surface area contributed by atoms with Gasteiger partial charge in [-0.2, -0.15) is 0 Å². The molecule has 0 aromatic heterocycles. The van der Waals surface area contributed by atoms with E-state index in [1.807, 2.05) is 0 Å². The van der Waals surface area contributed by atoms with E-state index in [2.05, 4.69) is 93.7 Å². The molecule has 0 N–H and O–H groups in total. The topological polar surface area (TPSA) is 78.9 Å². The van der Waals surface area contributed by atoms with Crippen LogP contribution in [0.5, 0.6) is 0 Å². The molecule has 0 rings (SSSR count). The van der Waals surface area contributed by atoms with Gasteiger partial charge in [-0.25, -0.2) is 0 Å². The van der Waals surface area contributed by atoms with Crippen LogP contribution in [0.3, 0.4) is 0 Å². The van der Waals surface area contributed by atoms with Crippen molar-refractivity contribution in [3.63, 3.8) is 0 Å². The maximum Gasteiger partial charge on any atom is 0.306 e. The Morgan fingerprint density at radius 3 is 0.877 bits per heavy atom. The number of allylic oxidation sites excluding steroid dienone is 12. The van der Waals surface area contributed by atoms with Crippen LogP contribution < -0.4 is 0 Å². The molecule has 6 nitrogen and oxygen atoms in total. The SMILES string of the molecule is CC/C=C\C/C=C\C/C=C\C/C=C\C/C=C\CCCCCCCC(=O)OC(COC(=O)CCCCCCC/C=C\CCCCC)COC(=O)CCCCCCCCCCCCCCCCCCCCCCCC. The number of carbonyl (C=O) groups excluding carboxylic acids is 3. The minimum Gasteiger partial charge on any atom is -0.462 e. The van der Waals surface area contributed by atoms with E-state index in [0.717, 1.165) is 116 Å². The van der Waals surface area contributed by atoms with Gasteiger partial charge in [-0.15, -0.1) is 0 Å². The molecule has 0 aromatic carbocycles. The lowest BCUT2D eigenvalue weighted by atomic mass is 10.0. The molecule has 0 heterocycles. The average molecular weight is 1020 g/mol. The van der Waals surface area contributed by atoms with Crippen molar-refractivity contribution in [3.05, 3.63) is 72.9 Å². The predicted molar refractivity (Wildman–Crippen MR) is 316 cm³/mol. The first-order valence-corrected chi connectivity index (χ1v) is 31.4. The van der Waals surface area contributed by atoms with Gasteiger partial charge in [0.1, 0.15) is 13.2 Å². The van der Waals surface area contributed by atoms with Crippen LogP contribution in [-0.4, -0.2) is 37.2 Å². The number of carbonyl (C=O) groups is 3. The van der Waals surface area contributed by atoms with Crippen molar-refractivity contribution in [1.29, 1.82) is 0 Å². The van der Waals surface area contributed by atoms with Gasteiger partial charge in [0.2, 0.25) is 0 Å². The largest absolute Gasteiger partial charge is 0.462 e. The number of hydrogen-bond donors (Lipinski definition) is 0. The number of unbranched alkanes of at least 4 members (excludes halogenated alkanes) is 34. The number of hydrogen-bond acceptors (Lipinski definition) is 6. The smallest absolute Gasteiger partial charge is 0.306 e. The highest BCUT2D eigenvalue weighted by atomic mass is 16.6. The summed E-state index contributed by atoms with van der Waals surface area (Å²) in [6.45, 7) is 6.52. The van der Waals surface area contributed by atoms with Crippen molar-refractivity contribution < 1.29 is 28.6 Å². The molecule has 0 amide bonds. The van der Waals surface area contributed by atoms with Gasteiger partial charge in [0.05, 0.1) is 0 Å². The zero-order valence-electron chi connectivity index (χ0n) is 48.4. The number of ether oxygens (including phenoxy) is 3. The molecule has 1 unspecified atom stereocenters. The Balaban J connectivity index is 4.33. The molecule has 0 aromatic rings. The highest BCUT2D eigenvalue weighted by Crippen LogP contribution is 2.17. The van der Waals surface area contributed by atoms with Crippen molar-refractivity contribution in [2.24, 2.45) is 0 Å². The summed E-state index contributed by atoms with van der Waals surface area (Å²) in [5, 5.41) is 0. The number of rotatable bonds is 57. The first-order valence-electron chi connectivity index (χ1n) is 31.4. The van der Waals surface area contributed by atoms with Gasteiger partial charge in [0.25, 0.3) is 0 Å². The maximum absolute atomic E-state index is 12.9. The van der Waals surface area contributed by atoms with Crippen molar-refractivity contribution in [1.82, 2.24) is 0 Å². The second kappa shape index (κ2) is 61.4. The fourth-order valence-corrected chi connectivity index (χ4v) is 9.00. The Bertz CT molecular complexity index is 1360. The van der Waals surface area contributed by atoms with Gasteiger partial charge in [-0.3, -0.25) is 14.4 Å². The van der Waals surface area contributed by atoms with Gasteiger partial charge < -0.3 is 14.2 Å². The fraction of sp³-hybridized carbons (Fsp3) is 0.776. The first-order chi connectivity index (χ1) is 36.0.